The van der Waals surface area contributed by atoms with Gasteiger partial charge >= 0.3 is 11.9 Å². The van der Waals surface area contributed by atoms with Gasteiger partial charge in [-0.3, -0.25) is 9.59 Å². The van der Waals surface area contributed by atoms with Crippen LogP contribution in [0.2, 0.25) is 0 Å². The largest absolute Gasteiger partial charge is 0.466 e. The molecule has 0 rings (SSSR count). The molecule has 0 fully saturated rings. The molecule has 4 nitrogen and oxygen atoms in total. The Morgan fingerprint density at radius 2 is 0.857 bits per heavy atom. The molecule has 0 amide bonds. The lowest BCUT2D eigenvalue weighted by molar-refractivity contribution is -0.144. The van der Waals surface area contributed by atoms with Crippen molar-refractivity contribution in [3.05, 3.63) is 12.2 Å². The first-order chi connectivity index (χ1) is 13.7. The van der Waals surface area contributed by atoms with Crippen molar-refractivity contribution >= 4 is 11.9 Å². The average Bonchev–Trinajstić information content (AvgIpc) is 2.67. The third-order valence-electron chi connectivity index (χ3n) is 4.78. The maximum Gasteiger partial charge on any atom is 0.305 e. The highest BCUT2D eigenvalue weighted by molar-refractivity contribution is 5.69. The first kappa shape index (κ1) is 26.7. The van der Waals surface area contributed by atoms with E-state index in [4.69, 9.17) is 9.47 Å². The lowest BCUT2D eigenvalue weighted by Crippen LogP contribution is -2.03. The second-order valence-electron chi connectivity index (χ2n) is 7.40. The molecule has 4 heteroatoms. The van der Waals surface area contributed by atoms with Gasteiger partial charge in [0.2, 0.25) is 0 Å². The Labute approximate surface area is 173 Å². The number of hydrogen-bond donors (Lipinski definition) is 0. The minimum Gasteiger partial charge on any atom is -0.466 e. The van der Waals surface area contributed by atoms with E-state index < -0.39 is 0 Å². The third kappa shape index (κ3) is 21.0. The highest BCUT2D eigenvalue weighted by atomic mass is 16.5. The van der Waals surface area contributed by atoms with Gasteiger partial charge in [0.15, 0.2) is 0 Å². The zero-order valence-corrected chi connectivity index (χ0v) is 18.5. The summed E-state index contributed by atoms with van der Waals surface area (Å²) in [5, 5.41) is 0. The molecule has 0 aliphatic carbocycles. The monoisotopic (exact) mass is 396 g/mol. The van der Waals surface area contributed by atoms with Gasteiger partial charge in [-0.15, -0.1) is 0 Å². The van der Waals surface area contributed by atoms with E-state index in [-0.39, 0.29) is 11.9 Å². The van der Waals surface area contributed by atoms with Crippen LogP contribution in [-0.2, 0) is 19.1 Å². The van der Waals surface area contributed by atoms with E-state index in [1.807, 2.05) is 13.8 Å². The molecule has 0 aromatic heterocycles. The second kappa shape index (κ2) is 22.0. The number of ether oxygens (including phenoxy) is 2. The van der Waals surface area contributed by atoms with Crippen LogP contribution in [0.1, 0.15) is 117 Å². The minimum absolute atomic E-state index is 0.0497. The van der Waals surface area contributed by atoms with Crippen LogP contribution in [0.5, 0.6) is 0 Å². The fraction of sp³-hybridized carbons (Fsp3) is 0.833. The maximum atomic E-state index is 11.2. The van der Waals surface area contributed by atoms with Gasteiger partial charge < -0.3 is 9.47 Å². The standard InChI is InChI=1S/C24H44O4/c1-3-27-23(25)21-19-17-15-13-11-9-7-5-6-8-10-12-14-16-18-20-22-24(26)28-4-2/h11,13H,3-10,12,14-22H2,1-2H3/b13-11+. The minimum atomic E-state index is -0.0690. The predicted molar refractivity (Wildman–Crippen MR) is 116 cm³/mol. The Bertz CT molecular complexity index is 390. The molecule has 0 unspecified atom stereocenters. The van der Waals surface area contributed by atoms with Crippen molar-refractivity contribution in [3.8, 4) is 0 Å². The smallest absolute Gasteiger partial charge is 0.305 e. The highest BCUT2D eigenvalue weighted by Crippen LogP contribution is 2.12. The summed E-state index contributed by atoms with van der Waals surface area (Å²) >= 11 is 0. The van der Waals surface area contributed by atoms with E-state index in [9.17, 15) is 9.59 Å². The molecule has 0 saturated carbocycles. The second-order valence-corrected chi connectivity index (χ2v) is 7.40. The van der Waals surface area contributed by atoms with Crippen molar-refractivity contribution in [3.63, 3.8) is 0 Å². The number of esters is 2. The van der Waals surface area contributed by atoms with E-state index in [1.54, 1.807) is 0 Å². The van der Waals surface area contributed by atoms with Crippen molar-refractivity contribution in [2.45, 2.75) is 117 Å². The Kier molecular flexibility index (Phi) is 20.9. The lowest BCUT2D eigenvalue weighted by atomic mass is 10.0. The highest BCUT2D eigenvalue weighted by Gasteiger charge is 2.01. The Hall–Kier alpha value is -1.32. The van der Waals surface area contributed by atoms with E-state index in [0.717, 1.165) is 32.1 Å². The molecule has 0 heterocycles. The zero-order chi connectivity index (χ0) is 20.7. The van der Waals surface area contributed by atoms with E-state index in [2.05, 4.69) is 12.2 Å². The van der Waals surface area contributed by atoms with Crippen molar-refractivity contribution < 1.29 is 19.1 Å². The normalized spacial score (nSPS) is 11.1. The Balaban J connectivity index is 3.17. The van der Waals surface area contributed by atoms with Crippen LogP contribution < -0.4 is 0 Å². The Morgan fingerprint density at radius 3 is 1.29 bits per heavy atom. The first-order valence-electron chi connectivity index (χ1n) is 11.7. The van der Waals surface area contributed by atoms with Crippen molar-refractivity contribution in [2.75, 3.05) is 13.2 Å². The van der Waals surface area contributed by atoms with Crippen LogP contribution in [0.4, 0.5) is 0 Å². The van der Waals surface area contributed by atoms with Crippen LogP contribution in [0.3, 0.4) is 0 Å². The fourth-order valence-corrected chi connectivity index (χ4v) is 3.18. The average molecular weight is 397 g/mol. The molecule has 0 radical (unpaired) electrons. The summed E-state index contributed by atoms with van der Waals surface area (Å²) in [6.07, 6.45) is 22.5. The first-order valence-corrected chi connectivity index (χ1v) is 11.7. The van der Waals surface area contributed by atoms with Gasteiger partial charge in [-0.25, -0.2) is 0 Å². The molecule has 28 heavy (non-hydrogen) atoms. The van der Waals surface area contributed by atoms with Gasteiger partial charge in [-0.05, 0) is 52.4 Å². The van der Waals surface area contributed by atoms with E-state index in [1.165, 1.54) is 57.8 Å². The maximum absolute atomic E-state index is 11.2. The summed E-state index contributed by atoms with van der Waals surface area (Å²) < 4.78 is 9.84. The summed E-state index contributed by atoms with van der Waals surface area (Å²) in [7, 11) is 0. The molecule has 0 bridgehead atoms. The van der Waals surface area contributed by atoms with Crippen LogP contribution in [0, 0.1) is 0 Å². The van der Waals surface area contributed by atoms with Crippen LogP contribution in [0.25, 0.3) is 0 Å². The van der Waals surface area contributed by atoms with Crippen LogP contribution >= 0.6 is 0 Å². The van der Waals surface area contributed by atoms with Gasteiger partial charge in [0.25, 0.3) is 0 Å². The Morgan fingerprint density at radius 1 is 0.536 bits per heavy atom. The third-order valence-corrected chi connectivity index (χ3v) is 4.78. The topological polar surface area (TPSA) is 52.6 Å². The number of unbranched alkanes of at least 4 members (excludes halogenated alkanes) is 12. The molecule has 0 atom stereocenters. The molecule has 164 valence electrons. The van der Waals surface area contributed by atoms with Gasteiger partial charge in [0.05, 0.1) is 13.2 Å². The number of carbonyl (C=O) groups excluding carboxylic acids is 2. The van der Waals surface area contributed by atoms with Gasteiger partial charge in [0, 0.05) is 12.8 Å². The van der Waals surface area contributed by atoms with E-state index in [0.29, 0.717) is 26.1 Å². The zero-order valence-electron chi connectivity index (χ0n) is 18.5. The van der Waals surface area contributed by atoms with Gasteiger partial charge in [-0.1, -0.05) is 63.5 Å². The van der Waals surface area contributed by atoms with Gasteiger partial charge in [-0.2, -0.15) is 0 Å². The molecule has 0 aromatic carbocycles. The quantitative estimate of drug-likeness (QED) is 0.127. The predicted octanol–water partition coefficient (Wildman–Crippen LogP) is 6.91. The van der Waals surface area contributed by atoms with Crippen molar-refractivity contribution in [2.24, 2.45) is 0 Å². The summed E-state index contributed by atoms with van der Waals surface area (Å²) in [6, 6.07) is 0. The lowest BCUT2D eigenvalue weighted by Gasteiger charge is -2.03. The number of carbonyl (C=O) groups is 2. The summed E-state index contributed by atoms with van der Waals surface area (Å²) in [5.41, 5.74) is 0. The summed E-state index contributed by atoms with van der Waals surface area (Å²) in [6.45, 7) is 4.68. The molecule has 0 spiro atoms. The van der Waals surface area contributed by atoms with Gasteiger partial charge in [0.1, 0.15) is 0 Å². The molecule has 0 aliphatic rings. The number of rotatable bonds is 20. The van der Waals surface area contributed by atoms with Crippen LogP contribution in [-0.4, -0.2) is 25.2 Å². The molecule has 0 aromatic rings. The van der Waals surface area contributed by atoms with Crippen molar-refractivity contribution in [1.82, 2.24) is 0 Å². The summed E-state index contributed by atoms with van der Waals surface area (Å²) in [4.78, 5) is 22.4. The molecular formula is C24H44O4. The number of hydrogen-bond acceptors (Lipinski definition) is 4. The SMILES string of the molecule is CCOC(=O)CCCC/C=C/CCCCCCCCCCCCC(=O)OCC. The van der Waals surface area contributed by atoms with Crippen LogP contribution in [0.15, 0.2) is 12.2 Å². The number of allylic oxidation sites excluding steroid dienone is 2. The summed E-state index contributed by atoms with van der Waals surface area (Å²) in [5.74, 6) is -0.119. The molecule has 0 saturated heterocycles. The fourth-order valence-electron chi connectivity index (χ4n) is 3.18. The molecular weight excluding hydrogens is 352 g/mol. The van der Waals surface area contributed by atoms with E-state index >= 15 is 0 Å². The molecule has 0 aliphatic heterocycles. The molecule has 0 N–H and O–H groups in total. The van der Waals surface area contributed by atoms with Crippen molar-refractivity contribution in [1.29, 1.82) is 0 Å².